The molecule has 3 aromatic heterocycles. The van der Waals surface area contributed by atoms with Crippen molar-refractivity contribution < 1.29 is 9.59 Å². The Morgan fingerprint density at radius 2 is 2.15 bits per heavy atom. The second-order valence-corrected chi connectivity index (χ2v) is 7.18. The number of likely N-dealkylation sites (tertiary alicyclic amines) is 1. The fourth-order valence-electron chi connectivity index (χ4n) is 3.29. The molecule has 1 atom stereocenters. The zero-order valence-corrected chi connectivity index (χ0v) is 15.3. The van der Waals surface area contributed by atoms with Gasteiger partial charge in [0.2, 0.25) is 0 Å². The van der Waals surface area contributed by atoms with Crippen LogP contribution in [0.4, 0.5) is 0 Å². The first-order valence-electron chi connectivity index (χ1n) is 9.11. The van der Waals surface area contributed by atoms with Crippen LogP contribution in [0.2, 0.25) is 0 Å². The Balaban J connectivity index is 1.38. The van der Waals surface area contributed by atoms with Crippen LogP contribution in [0.3, 0.4) is 0 Å². The molecule has 4 heterocycles. The van der Waals surface area contributed by atoms with E-state index in [1.165, 1.54) is 0 Å². The molecule has 3 N–H and O–H groups in total. The number of H-pyrrole nitrogens is 2. The number of carbonyl (C=O) groups excluding carboxylic acids is 2. The molecule has 0 aromatic carbocycles. The molecule has 0 aliphatic carbocycles. The predicted molar refractivity (Wildman–Crippen MR) is 101 cm³/mol. The standard InChI is InChI=1S/C19H22N6O2/c1-11(2)15-9-16(24-23-15)19(27)25-8-6-13(10-25)21-18(26)14-4-3-12-5-7-20-17(12)22-14/h3-5,7,9,11,13H,6,8,10H2,1-2H3,(H,20,22)(H,21,26)(H,23,24). The molecule has 1 aliphatic rings. The molecule has 0 bridgehead atoms. The van der Waals surface area contributed by atoms with Crippen molar-refractivity contribution in [3.8, 4) is 0 Å². The summed E-state index contributed by atoms with van der Waals surface area (Å²) in [6, 6.07) is 7.19. The Kier molecular flexibility index (Phi) is 4.39. The summed E-state index contributed by atoms with van der Waals surface area (Å²) in [5, 5.41) is 10.9. The van der Waals surface area contributed by atoms with E-state index in [-0.39, 0.29) is 23.8 Å². The van der Waals surface area contributed by atoms with Crippen LogP contribution < -0.4 is 5.32 Å². The lowest BCUT2D eigenvalue weighted by Crippen LogP contribution is -2.38. The van der Waals surface area contributed by atoms with Crippen LogP contribution in [0, 0.1) is 0 Å². The van der Waals surface area contributed by atoms with Crippen molar-refractivity contribution in [2.45, 2.75) is 32.2 Å². The largest absolute Gasteiger partial charge is 0.346 e. The number of hydrogen-bond acceptors (Lipinski definition) is 4. The van der Waals surface area contributed by atoms with Gasteiger partial charge in [0.1, 0.15) is 17.0 Å². The third kappa shape index (κ3) is 3.42. The topological polar surface area (TPSA) is 107 Å². The molecular formula is C19H22N6O2. The number of rotatable bonds is 4. The quantitative estimate of drug-likeness (QED) is 0.657. The Labute approximate surface area is 156 Å². The molecule has 140 valence electrons. The van der Waals surface area contributed by atoms with E-state index in [0.717, 1.165) is 11.1 Å². The van der Waals surface area contributed by atoms with Gasteiger partial charge < -0.3 is 15.2 Å². The molecule has 0 saturated carbocycles. The number of fused-ring (bicyclic) bond motifs is 1. The smallest absolute Gasteiger partial charge is 0.271 e. The van der Waals surface area contributed by atoms with Crippen molar-refractivity contribution in [3.05, 3.63) is 47.5 Å². The molecule has 27 heavy (non-hydrogen) atoms. The van der Waals surface area contributed by atoms with Gasteiger partial charge in [-0.2, -0.15) is 5.10 Å². The lowest BCUT2D eigenvalue weighted by Gasteiger charge is -2.16. The molecule has 2 amide bonds. The number of pyridine rings is 1. The summed E-state index contributed by atoms with van der Waals surface area (Å²) in [4.78, 5) is 34.2. The number of aromatic nitrogens is 4. The van der Waals surface area contributed by atoms with Gasteiger partial charge >= 0.3 is 0 Å². The highest BCUT2D eigenvalue weighted by Gasteiger charge is 2.29. The van der Waals surface area contributed by atoms with Gasteiger partial charge in [0.25, 0.3) is 11.8 Å². The number of hydrogen-bond donors (Lipinski definition) is 3. The van der Waals surface area contributed by atoms with Gasteiger partial charge in [-0.3, -0.25) is 14.7 Å². The normalized spacial score (nSPS) is 17.0. The fourth-order valence-corrected chi connectivity index (χ4v) is 3.29. The second-order valence-electron chi connectivity index (χ2n) is 7.18. The molecule has 1 fully saturated rings. The highest BCUT2D eigenvalue weighted by molar-refractivity contribution is 5.95. The fraction of sp³-hybridized carbons (Fsp3) is 0.368. The summed E-state index contributed by atoms with van der Waals surface area (Å²) in [7, 11) is 0. The van der Waals surface area contributed by atoms with E-state index >= 15 is 0 Å². The molecule has 0 spiro atoms. The van der Waals surface area contributed by atoms with E-state index in [1.54, 1.807) is 23.2 Å². The first-order valence-corrected chi connectivity index (χ1v) is 9.11. The van der Waals surface area contributed by atoms with Crippen LogP contribution in [-0.2, 0) is 0 Å². The van der Waals surface area contributed by atoms with E-state index in [4.69, 9.17) is 0 Å². The Morgan fingerprint density at radius 1 is 1.30 bits per heavy atom. The minimum atomic E-state index is -0.227. The van der Waals surface area contributed by atoms with Crippen molar-refractivity contribution in [3.63, 3.8) is 0 Å². The van der Waals surface area contributed by atoms with Crippen LogP contribution in [0.25, 0.3) is 11.0 Å². The molecule has 1 saturated heterocycles. The molecule has 1 unspecified atom stereocenters. The van der Waals surface area contributed by atoms with Crippen molar-refractivity contribution in [1.82, 2.24) is 30.4 Å². The number of nitrogens with one attached hydrogen (secondary N) is 3. The second kappa shape index (κ2) is 6.86. The number of amides is 2. The summed E-state index contributed by atoms with van der Waals surface area (Å²) in [6.07, 6.45) is 2.51. The van der Waals surface area contributed by atoms with E-state index in [0.29, 0.717) is 36.5 Å². The van der Waals surface area contributed by atoms with Crippen LogP contribution in [-0.4, -0.2) is 56.0 Å². The highest BCUT2D eigenvalue weighted by atomic mass is 16.2. The lowest BCUT2D eigenvalue weighted by atomic mass is 10.1. The number of carbonyl (C=O) groups is 2. The van der Waals surface area contributed by atoms with Gasteiger partial charge in [0.05, 0.1) is 5.69 Å². The minimum Gasteiger partial charge on any atom is -0.346 e. The average Bonchev–Trinajstić information content (AvgIpc) is 3.40. The average molecular weight is 366 g/mol. The Hall–Kier alpha value is -3.16. The van der Waals surface area contributed by atoms with Gasteiger partial charge in [0, 0.05) is 30.7 Å². The maximum atomic E-state index is 12.6. The van der Waals surface area contributed by atoms with Crippen molar-refractivity contribution in [1.29, 1.82) is 0 Å². The molecular weight excluding hydrogens is 344 g/mol. The molecule has 4 rings (SSSR count). The Bertz CT molecular complexity index is 989. The van der Waals surface area contributed by atoms with Crippen molar-refractivity contribution in [2.75, 3.05) is 13.1 Å². The predicted octanol–water partition coefficient (Wildman–Crippen LogP) is 2.05. The highest BCUT2D eigenvalue weighted by Crippen LogP contribution is 2.17. The number of aromatic amines is 2. The van der Waals surface area contributed by atoms with Gasteiger partial charge in [-0.25, -0.2) is 4.98 Å². The molecule has 1 aliphatic heterocycles. The van der Waals surface area contributed by atoms with Gasteiger partial charge in [-0.05, 0) is 36.6 Å². The minimum absolute atomic E-state index is 0.0860. The SMILES string of the molecule is CC(C)c1cc(C(=O)N2CCC(NC(=O)c3ccc4cc[nH]c4n3)C2)[nH]n1. The first-order chi connectivity index (χ1) is 13.0. The van der Waals surface area contributed by atoms with Crippen LogP contribution >= 0.6 is 0 Å². The third-order valence-corrected chi connectivity index (χ3v) is 4.87. The summed E-state index contributed by atoms with van der Waals surface area (Å²) in [5.41, 5.74) is 2.41. The van der Waals surface area contributed by atoms with Gasteiger partial charge in [0.15, 0.2) is 0 Å². The maximum absolute atomic E-state index is 12.6. The van der Waals surface area contributed by atoms with E-state index in [9.17, 15) is 9.59 Å². The van der Waals surface area contributed by atoms with E-state index < -0.39 is 0 Å². The number of nitrogens with zero attached hydrogens (tertiary/aromatic N) is 3. The monoisotopic (exact) mass is 366 g/mol. The van der Waals surface area contributed by atoms with E-state index in [2.05, 4.69) is 25.5 Å². The first kappa shape index (κ1) is 17.3. The van der Waals surface area contributed by atoms with Crippen LogP contribution in [0.1, 0.15) is 52.9 Å². The lowest BCUT2D eigenvalue weighted by molar-refractivity contribution is 0.0777. The summed E-state index contributed by atoms with van der Waals surface area (Å²) in [6.45, 7) is 5.14. The molecule has 8 nitrogen and oxygen atoms in total. The third-order valence-electron chi connectivity index (χ3n) is 4.87. The molecule has 3 aromatic rings. The van der Waals surface area contributed by atoms with Crippen LogP contribution in [0.5, 0.6) is 0 Å². The molecule has 8 heteroatoms. The maximum Gasteiger partial charge on any atom is 0.271 e. The molecule has 0 radical (unpaired) electrons. The van der Waals surface area contributed by atoms with Crippen molar-refractivity contribution >= 4 is 22.8 Å². The van der Waals surface area contributed by atoms with Gasteiger partial charge in [-0.1, -0.05) is 13.8 Å². The summed E-state index contributed by atoms with van der Waals surface area (Å²) in [5.74, 6) is -0.0514. The zero-order chi connectivity index (χ0) is 19.0. The summed E-state index contributed by atoms with van der Waals surface area (Å²) < 4.78 is 0. The summed E-state index contributed by atoms with van der Waals surface area (Å²) >= 11 is 0. The van der Waals surface area contributed by atoms with E-state index in [1.807, 2.05) is 26.0 Å². The van der Waals surface area contributed by atoms with Gasteiger partial charge in [-0.15, -0.1) is 0 Å². The Morgan fingerprint density at radius 3 is 2.93 bits per heavy atom. The zero-order valence-electron chi connectivity index (χ0n) is 15.3. The van der Waals surface area contributed by atoms with Crippen LogP contribution in [0.15, 0.2) is 30.5 Å². The van der Waals surface area contributed by atoms with Crippen molar-refractivity contribution in [2.24, 2.45) is 0 Å².